The first kappa shape index (κ1) is 20.5. The van der Waals surface area contributed by atoms with Gasteiger partial charge in [-0.15, -0.1) is 0 Å². The van der Waals surface area contributed by atoms with Crippen LogP contribution in [0.15, 0.2) is 6.33 Å². The molecule has 0 amide bonds. The number of fused-ring (bicyclic) bond motifs is 1. The zero-order chi connectivity index (χ0) is 20.3. The summed E-state index contributed by atoms with van der Waals surface area (Å²) in [7, 11) is 0. The first-order valence-corrected chi connectivity index (χ1v) is 12.3. The number of piperidine rings is 2. The molecule has 2 aliphatic heterocycles. The molecule has 1 N–H and O–H groups in total. The van der Waals surface area contributed by atoms with Crippen molar-refractivity contribution < 1.29 is 0 Å². The fourth-order valence-electron chi connectivity index (χ4n) is 5.45. The van der Waals surface area contributed by atoms with Gasteiger partial charge in [-0.3, -0.25) is 0 Å². The van der Waals surface area contributed by atoms with E-state index >= 15 is 0 Å². The fourth-order valence-corrected chi connectivity index (χ4v) is 5.61. The van der Waals surface area contributed by atoms with Crippen molar-refractivity contribution >= 4 is 28.6 Å². The largest absolute Gasteiger partial charge is 0.312 e. The first-order valence-electron chi connectivity index (χ1n) is 11.9. The van der Waals surface area contributed by atoms with Crippen LogP contribution in [0.2, 0.25) is 5.28 Å². The van der Waals surface area contributed by atoms with Crippen LogP contribution in [0, 0.1) is 5.92 Å². The molecule has 1 saturated carbocycles. The van der Waals surface area contributed by atoms with Gasteiger partial charge in [-0.1, -0.05) is 19.3 Å². The van der Waals surface area contributed by atoms with Crippen LogP contribution < -0.4 is 5.43 Å². The van der Waals surface area contributed by atoms with Gasteiger partial charge in [-0.05, 0) is 82.1 Å². The molecule has 2 aromatic rings. The SMILES string of the molecule is Clc1nc(NN2CCC(CCN3CCCCC3)CC2)c2ncn(C3CCCC3)c2n1. The van der Waals surface area contributed by atoms with Crippen molar-refractivity contribution in [2.45, 2.75) is 70.3 Å². The summed E-state index contributed by atoms with van der Waals surface area (Å²) >= 11 is 6.29. The molecule has 1 aliphatic carbocycles. The minimum Gasteiger partial charge on any atom is -0.312 e. The van der Waals surface area contributed by atoms with Crippen LogP contribution in [-0.2, 0) is 0 Å². The van der Waals surface area contributed by atoms with E-state index in [0.717, 1.165) is 36.0 Å². The third kappa shape index (κ3) is 4.58. The highest BCUT2D eigenvalue weighted by Gasteiger charge is 2.24. The van der Waals surface area contributed by atoms with Crippen molar-refractivity contribution in [2.24, 2.45) is 5.92 Å². The van der Waals surface area contributed by atoms with E-state index in [1.807, 2.05) is 6.33 Å². The Morgan fingerprint density at radius 2 is 1.70 bits per heavy atom. The zero-order valence-electron chi connectivity index (χ0n) is 17.9. The summed E-state index contributed by atoms with van der Waals surface area (Å²) in [6.07, 6.45) is 14.9. The van der Waals surface area contributed by atoms with E-state index in [2.05, 4.69) is 34.9 Å². The highest BCUT2D eigenvalue weighted by molar-refractivity contribution is 6.28. The Kier molecular flexibility index (Phi) is 6.39. The smallest absolute Gasteiger partial charge is 0.226 e. The highest BCUT2D eigenvalue weighted by atomic mass is 35.5. The number of imidazole rings is 1. The van der Waals surface area contributed by atoms with Crippen LogP contribution in [0.5, 0.6) is 0 Å². The van der Waals surface area contributed by atoms with Gasteiger partial charge in [0.1, 0.15) is 0 Å². The summed E-state index contributed by atoms with van der Waals surface area (Å²) in [6.45, 7) is 5.96. The van der Waals surface area contributed by atoms with Gasteiger partial charge in [0.15, 0.2) is 17.0 Å². The highest BCUT2D eigenvalue weighted by Crippen LogP contribution is 2.33. The Labute approximate surface area is 184 Å². The van der Waals surface area contributed by atoms with E-state index in [1.54, 1.807) is 0 Å². The lowest BCUT2D eigenvalue weighted by Crippen LogP contribution is -2.39. The van der Waals surface area contributed by atoms with Crippen molar-refractivity contribution in [2.75, 3.05) is 38.1 Å². The number of halogens is 1. The Morgan fingerprint density at radius 1 is 0.933 bits per heavy atom. The molecule has 0 aromatic carbocycles. The molecule has 2 saturated heterocycles. The molecule has 2 aromatic heterocycles. The number of hydrogen-bond acceptors (Lipinski definition) is 6. The number of anilines is 1. The summed E-state index contributed by atoms with van der Waals surface area (Å²) in [5.74, 6) is 1.58. The molecule has 0 atom stereocenters. The summed E-state index contributed by atoms with van der Waals surface area (Å²) in [4.78, 5) is 16.3. The lowest BCUT2D eigenvalue weighted by atomic mass is 9.94. The van der Waals surface area contributed by atoms with Gasteiger partial charge in [0.05, 0.1) is 6.33 Å². The normalized spacial score (nSPS) is 22.8. The van der Waals surface area contributed by atoms with Gasteiger partial charge in [0, 0.05) is 19.1 Å². The molecule has 4 heterocycles. The summed E-state index contributed by atoms with van der Waals surface area (Å²) < 4.78 is 2.20. The number of nitrogens with zero attached hydrogens (tertiary/aromatic N) is 6. The minimum atomic E-state index is 0.293. The van der Waals surface area contributed by atoms with Gasteiger partial charge in [0.25, 0.3) is 0 Å². The molecule has 8 heteroatoms. The number of aromatic nitrogens is 4. The number of hydrogen-bond donors (Lipinski definition) is 1. The fraction of sp³-hybridized carbons (Fsp3) is 0.773. The second-order valence-electron chi connectivity index (χ2n) is 9.34. The number of nitrogens with one attached hydrogen (secondary N) is 1. The molecule has 0 bridgehead atoms. The van der Waals surface area contributed by atoms with Crippen molar-refractivity contribution in [3.8, 4) is 0 Å². The first-order chi connectivity index (χ1) is 14.8. The Bertz CT molecular complexity index is 833. The third-order valence-electron chi connectivity index (χ3n) is 7.29. The average Bonchev–Trinajstić information content (AvgIpc) is 3.44. The topological polar surface area (TPSA) is 62.1 Å². The van der Waals surface area contributed by atoms with E-state index in [9.17, 15) is 0 Å². The minimum absolute atomic E-state index is 0.293. The summed E-state index contributed by atoms with van der Waals surface area (Å²) in [5.41, 5.74) is 5.20. The number of rotatable bonds is 6. The van der Waals surface area contributed by atoms with Gasteiger partial charge in [-0.2, -0.15) is 9.97 Å². The lowest BCUT2D eigenvalue weighted by Gasteiger charge is -2.34. The second kappa shape index (κ2) is 9.37. The quantitative estimate of drug-likeness (QED) is 0.679. The van der Waals surface area contributed by atoms with Crippen molar-refractivity contribution in [1.29, 1.82) is 0 Å². The Morgan fingerprint density at radius 3 is 2.47 bits per heavy atom. The van der Waals surface area contributed by atoms with Gasteiger partial charge in [-0.25, -0.2) is 9.99 Å². The van der Waals surface area contributed by atoms with E-state index in [-0.39, 0.29) is 0 Å². The van der Waals surface area contributed by atoms with Crippen molar-refractivity contribution in [3.63, 3.8) is 0 Å². The Balaban J connectivity index is 1.19. The molecule has 0 unspecified atom stereocenters. The molecular weight excluding hydrogens is 398 g/mol. The standard InChI is InChI=1S/C22H34ClN7/c23-22-25-20(19-21(26-22)30(16-24-19)18-6-2-3-7-18)27-29-14-9-17(10-15-29)8-13-28-11-4-1-5-12-28/h16-18H,1-15H2,(H,25,26,27). The molecule has 30 heavy (non-hydrogen) atoms. The lowest BCUT2D eigenvalue weighted by molar-refractivity contribution is 0.172. The molecular formula is C22H34ClN7. The van der Waals surface area contributed by atoms with E-state index < -0.39 is 0 Å². The molecule has 7 nitrogen and oxygen atoms in total. The van der Waals surface area contributed by atoms with Crippen LogP contribution in [0.25, 0.3) is 11.2 Å². The molecule has 3 fully saturated rings. The molecule has 3 aliphatic rings. The van der Waals surface area contributed by atoms with Gasteiger partial charge < -0.3 is 14.9 Å². The predicted octanol–water partition coefficient (Wildman–Crippen LogP) is 4.51. The van der Waals surface area contributed by atoms with Gasteiger partial charge >= 0.3 is 0 Å². The number of hydrazine groups is 1. The number of likely N-dealkylation sites (tertiary alicyclic amines) is 1. The van der Waals surface area contributed by atoms with Crippen LogP contribution in [-0.4, -0.2) is 62.2 Å². The van der Waals surface area contributed by atoms with Crippen LogP contribution in [0.1, 0.15) is 70.3 Å². The van der Waals surface area contributed by atoms with E-state index in [1.165, 1.54) is 83.8 Å². The molecule has 0 radical (unpaired) electrons. The predicted molar refractivity (Wildman–Crippen MR) is 121 cm³/mol. The van der Waals surface area contributed by atoms with Crippen molar-refractivity contribution in [3.05, 3.63) is 11.6 Å². The zero-order valence-corrected chi connectivity index (χ0v) is 18.7. The second-order valence-corrected chi connectivity index (χ2v) is 9.67. The molecule has 164 valence electrons. The maximum absolute atomic E-state index is 6.29. The van der Waals surface area contributed by atoms with E-state index in [4.69, 9.17) is 11.6 Å². The van der Waals surface area contributed by atoms with Crippen molar-refractivity contribution in [1.82, 2.24) is 29.4 Å². The van der Waals surface area contributed by atoms with Crippen LogP contribution >= 0.6 is 11.6 Å². The Hall–Kier alpha value is -1.44. The van der Waals surface area contributed by atoms with Crippen LogP contribution in [0.4, 0.5) is 5.82 Å². The van der Waals surface area contributed by atoms with Gasteiger partial charge in [0.2, 0.25) is 5.28 Å². The summed E-state index contributed by atoms with van der Waals surface area (Å²) in [6, 6.07) is 0.490. The van der Waals surface area contributed by atoms with Crippen LogP contribution in [0.3, 0.4) is 0 Å². The maximum atomic E-state index is 6.29. The third-order valence-corrected chi connectivity index (χ3v) is 7.46. The molecule has 0 spiro atoms. The molecule has 5 rings (SSSR count). The van der Waals surface area contributed by atoms with E-state index in [0.29, 0.717) is 11.3 Å². The average molecular weight is 432 g/mol. The maximum Gasteiger partial charge on any atom is 0.226 e. The monoisotopic (exact) mass is 431 g/mol. The summed E-state index contributed by atoms with van der Waals surface area (Å²) in [5, 5.41) is 2.57.